The van der Waals surface area contributed by atoms with E-state index in [0.717, 1.165) is 39.0 Å². The number of nitrogens with two attached hydrogens (primary N) is 1. The maximum absolute atomic E-state index is 6.03. The van der Waals surface area contributed by atoms with Gasteiger partial charge in [-0.25, -0.2) is 0 Å². The van der Waals surface area contributed by atoms with Crippen molar-refractivity contribution in [1.82, 2.24) is 15.2 Å². The summed E-state index contributed by atoms with van der Waals surface area (Å²) in [6.45, 7) is 6.63. The molecule has 0 spiro atoms. The Morgan fingerprint density at radius 3 is 2.36 bits per heavy atom. The number of aromatic nitrogens is 3. The van der Waals surface area contributed by atoms with Gasteiger partial charge in [-0.15, -0.1) is 0 Å². The van der Waals surface area contributed by atoms with E-state index in [1.807, 2.05) is 12.1 Å². The molecule has 0 bridgehead atoms. The molecule has 0 aliphatic carbocycles. The molecule has 0 aliphatic heterocycles. The highest BCUT2D eigenvalue weighted by atomic mass is 16.5. The first-order valence-electron chi connectivity index (χ1n) is 9.26. The lowest BCUT2D eigenvalue weighted by molar-refractivity contribution is 0.416. The van der Waals surface area contributed by atoms with Crippen molar-refractivity contribution in [1.29, 1.82) is 0 Å². The van der Waals surface area contributed by atoms with Crippen LogP contribution in [0.5, 0.6) is 5.75 Å². The molecule has 0 saturated heterocycles. The van der Waals surface area contributed by atoms with Gasteiger partial charge in [0.05, 0.1) is 23.7 Å². The Labute approximate surface area is 164 Å². The zero-order valence-electron chi connectivity index (χ0n) is 16.6. The summed E-state index contributed by atoms with van der Waals surface area (Å²) in [6, 6.07) is 16.6. The fourth-order valence-corrected chi connectivity index (χ4v) is 3.42. The topological polar surface area (TPSA) is 76.8 Å². The van der Waals surface area contributed by atoms with Crippen LogP contribution in [0.15, 0.2) is 54.7 Å². The molecule has 5 heteroatoms. The predicted octanol–water partition coefficient (Wildman–Crippen LogP) is 5.18. The molecule has 28 heavy (non-hydrogen) atoms. The lowest BCUT2D eigenvalue weighted by atomic mass is 9.85. The Hall–Kier alpha value is -3.34. The van der Waals surface area contributed by atoms with Gasteiger partial charge in [0.15, 0.2) is 5.82 Å². The Kier molecular flexibility index (Phi) is 4.30. The quantitative estimate of drug-likeness (QED) is 0.519. The third-order valence-corrected chi connectivity index (χ3v) is 5.04. The van der Waals surface area contributed by atoms with Gasteiger partial charge in [-0.1, -0.05) is 51.1 Å². The average molecular weight is 372 g/mol. The van der Waals surface area contributed by atoms with Gasteiger partial charge >= 0.3 is 0 Å². The van der Waals surface area contributed by atoms with Crippen molar-refractivity contribution in [2.45, 2.75) is 26.2 Å². The third-order valence-electron chi connectivity index (χ3n) is 5.04. The highest BCUT2D eigenvalue weighted by molar-refractivity contribution is 5.99. The summed E-state index contributed by atoms with van der Waals surface area (Å²) in [5.41, 5.74) is 12.2. The molecular formula is C23H24N4O. The Morgan fingerprint density at radius 2 is 1.68 bits per heavy atom. The molecule has 0 amide bonds. The molecule has 0 aliphatic rings. The minimum Gasteiger partial charge on any atom is -0.496 e. The number of anilines is 1. The normalized spacial score (nSPS) is 11.7. The van der Waals surface area contributed by atoms with E-state index in [1.165, 1.54) is 5.56 Å². The van der Waals surface area contributed by atoms with Gasteiger partial charge in [0, 0.05) is 17.3 Å². The second-order valence-electron chi connectivity index (χ2n) is 7.93. The summed E-state index contributed by atoms with van der Waals surface area (Å²) in [5.74, 6) is 1.32. The van der Waals surface area contributed by atoms with E-state index in [1.54, 1.807) is 13.3 Å². The summed E-state index contributed by atoms with van der Waals surface area (Å²) in [5, 5.41) is 7.89. The fraction of sp³-hybridized carbons (Fsp3) is 0.217. The molecule has 3 N–H and O–H groups in total. The number of H-pyrrole nitrogens is 1. The maximum atomic E-state index is 6.03. The minimum absolute atomic E-state index is 0.0688. The van der Waals surface area contributed by atoms with Gasteiger partial charge in [0.2, 0.25) is 0 Å². The number of benzene rings is 2. The van der Waals surface area contributed by atoms with Crippen LogP contribution in [0.25, 0.3) is 33.3 Å². The van der Waals surface area contributed by atoms with E-state index in [0.29, 0.717) is 5.82 Å². The number of nitrogen functional groups attached to an aromatic ring is 1. The number of nitrogens with one attached hydrogen (secondary N) is 1. The molecular weight excluding hydrogens is 348 g/mol. The highest BCUT2D eigenvalue weighted by Crippen LogP contribution is 2.36. The smallest absolute Gasteiger partial charge is 0.155 e. The highest BCUT2D eigenvalue weighted by Gasteiger charge is 2.17. The molecule has 0 atom stereocenters. The van der Waals surface area contributed by atoms with Crippen molar-refractivity contribution in [3.8, 4) is 28.1 Å². The van der Waals surface area contributed by atoms with E-state index >= 15 is 0 Å². The van der Waals surface area contributed by atoms with Gasteiger partial charge < -0.3 is 10.5 Å². The van der Waals surface area contributed by atoms with Gasteiger partial charge in [0.25, 0.3) is 0 Å². The summed E-state index contributed by atoms with van der Waals surface area (Å²) in [6.07, 6.45) is 1.76. The van der Waals surface area contributed by atoms with Crippen molar-refractivity contribution in [2.75, 3.05) is 12.8 Å². The third kappa shape index (κ3) is 3.09. The molecule has 4 rings (SSSR count). The summed E-state index contributed by atoms with van der Waals surface area (Å²) < 4.78 is 5.60. The van der Waals surface area contributed by atoms with Gasteiger partial charge in [-0.3, -0.25) is 10.1 Å². The van der Waals surface area contributed by atoms with Crippen LogP contribution in [0.3, 0.4) is 0 Å². The number of ether oxygens (including phenoxy) is 1. The molecule has 0 radical (unpaired) electrons. The first-order valence-corrected chi connectivity index (χ1v) is 9.26. The van der Waals surface area contributed by atoms with Crippen LogP contribution < -0.4 is 10.5 Å². The number of hydrogen-bond acceptors (Lipinski definition) is 4. The maximum Gasteiger partial charge on any atom is 0.155 e. The largest absolute Gasteiger partial charge is 0.496 e. The zero-order valence-corrected chi connectivity index (χ0v) is 16.6. The lowest BCUT2D eigenvalue weighted by Crippen LogP contribution is -2.11. The van der Waals surface area contributed by atoms with Crippen LogP contribution in [-0.4, -0.2) is 22.3 Å². The number of aromatic amines is 1. The van der Waals surface area contributed by atoms with Gasteiger partial charge in [0.1, 0.15) is 5.75 Å². The van der Waals surface area contributed by atoms with Crippen molar-refractivity contribution in [3.63, 3.8) is 0 Å². The number of pyridine rings is 1. The van der Waals surface area contributed by atoms with Crippen LogP contribution >= 0.6 is 0 Å². The zero-order chi connectivity index (χ0) is 19.9. The van der Waals surface area contributed by atoms with Crippen LogP contribution in [0.4, 0.5) is 5.82 Å². The molecule has 5 nitrogen and oxygen atoms in total. The number of fused-ring (bicyclic) bond motifs is 1. The second-order valence-corrected chi connectivity index (χ2v) is 7.93. The number of nitrogens with zero attached hydrogens (tertiary/aromatic N) is 2. The standard InChI is InChI=1S/C23H24N4O/c1-23(2,3)16-9-10-19(28-4)17(13-16)14-5-7-15(8-6-14)21-20-18(11-12-25-21)26-27-22(20)24/h5-13H,1-4H3,(H3,24,26,27). The number of rotatable bonds is 3. The summed E-state index contributed by atoms with van der Waals surface area (Å²) >= 11 is 0. The van der Waals surface area contributed by atoms with Crippen LogP contribution in [-0.2, 0) is 5.41 Å². The van der Waals surface area contributed by atoms with E-state index in [4.69, 9.17) is 10.5 Å². The monoisotopic (exact) mass is 372 g/mol. The van der Waals surface area contributed by atoms with Crippen molar-refractivity contribution >= 4 is 16.7 Å². The minimum atomic E-state index is 0.0688. The predicted molar refractivity (Wildman–Crippen MR) is 114 cm³/mol. The van der Waals surface area contributed by atoms with Crippen LogP contribution in [0.2, 0.25) is 0 Å². The lowest BCUT2D eigenvalue weighted by Gasteiger charge is -2.21. The van der Waals surface area contributed by atoms with Crippen LogP contribution in [0, 0.1) is 0 Å². The Morgan fingerprint density at radius 1 is 0.964 bits per heavy atom. The van der Waals surface area contributed by atoms with E-state index in [-0.39, 0.29) is 5.41 Å². The average Bonchev–Trinajstić information content (AvgIpc) is 3.08. The van der Waals surface area contributed by atoms with E-state index in [2.05, 4.69) is 72.4 Å². The first kappa shape index (κ1) is 18.0. The summed E-state index contributed by atoms with van der Waals surface area (Å²) in [4.78, 5) is 4.53. The molecule has 2 aromatic carbocycles. The van der Waals surface area contributed by atoms with E-state index in [9.17, 15) is 0 Å². The van der Waals surface area contributed by atoms with Crippen molar-refractivity contribution < 1.29 is 4.74 Å². The van der Waals surface area contributed by atoms with E-state index < -0.39 is 0 Å². The molecule has 0 fully saturated rings. The summed E-state index contributed by atoms with van der Waals surface area (Å²) in [7, 11) is 1.70. The van der Waals surface area contributed by atoms with Crippen molar-refractivity contribution in [2.24, 2.45) is 0 Å². The molecule has 4 aromatic rings. The Balaban J connectivity index is 1.79. The number of hydrogen-bond donors (Lipinski definition) is 2. The molecule has 2 aromatic heterocycles. The fourth-order valence-electron chi connectivity index (χ4n) is 3.42. The Bertz CT molecular complexity index is 1140. The van der Waals surface area contributed by atoms with Crippen molar-refractivity contribution in [3.05, 3.63) is 60.3 Å². The SMILES string of the molecule is COc1ccc(C(C)(C)C)cc1-c1ccc(-c2nccc3[nH]nc(N)c23)cc1. The molecule has 2 heterocycles. The molecule has 142 valence electrons. The van der Waals surface area contributed by atoms with Crippen LogP contribution in [0.1, 0.15) is 26.3 Å². The first-order chi connectivity index (χ1) is 13.4. The molecule has 0 saturated carbocycles. The second kappa shape index (κ2) is 6.68. The van der Waals surface area contributed by atoms with Gasteiger partial charge in [-0.2, -0.15) is 5.10 Å². The number of methoxy groups -OCH3 is 1. The van der Waals surface area contributed by atoms with Gasteiger partial charge in [-0.05, 0) is 34.7 Å². The molecule has 0 unspecified atom stereocenters.